The second-order valence-corrected chi connectivity index (χ2v) is 8.38. The molecule has 6 heteroatoms. The summed E-state index contributed by atoms with van der Waals surface area (Å²) in [5.74, 6) is 3.41. The van der Waals surface area contributed by atoms with Gasteiger partial charge in [-0.3, -0.25) is 4.79 Å². The first kappa shape index (κ1) is 17.6. The van der Waals surface area contributed by atoms with Crippen LogP contribution in [0.5, 0.6) is 0 Å². The van der Waals surface area contributed by atoms with Crippen molar-refractivity contribution >= 4 is 17.7 Å². The van der Waals surface area contributed by atoms with Crippen LogP contribution in [0.3, 0.4) is 0 Å². The second kappa shape index (κ2) is 8.27. The van der Waals surface area contributed by atoms with E-state index >= 15 is 0 Å². The molecule has 26 heavy (non-hydrogen) atoms. The Morgan fingerprint density at radius 1 is 1.12 bits per heavy atom. The Kier molecular flexibility index (Phi) is 5.60. The lowest BCUT2D eigenvalue weighted by Gasteiger charge is -2.41. The minimum Gasteiger partial charge on any atom is -0.350 e. The van der Waals surface area contributed by atoms with Gasteiger partial charge in [0.2, 0.25) is 5.91 Å². The molecule has 1 amide bonds. The lowest BCUT2D eigenvalue weighted by atomic mass is 9.85. The zero-order chi connectivity index (χ0) is 17.8. The molecule has 0 bridgehead atoms. The molecule has 0 unspecified atom stereocenters. The van der Waals surface area contributed by atoms with Crippen molar-refractivity contribution in [3.8, 4) is 11.4 Å². The maximum atomic E-state index is 12.5. The smallest absolute Gasteiger partial charge is 0.240 e. The SMILES string of the molecule is O=C(Cn1ccnc1-c1ccccc1)N[C@H]1CC[C@H]1NC1CCSCC1. The number of amides is 1. The van der Waals surface area contributed by atoms with Crippen LogP contribution in [0.25, 0.3) is 11.4 Å². The minimum absolute atomic E-state index is 0.0656. The van der Waals surface area contributed by atoms with E-state index in [0.29, 0.717) is 18.6 Å². The third-order valence-corrected chi connectivity index (χ3v) is 6.40. The van der Waals surface area contributed by atoms with E-state index in [1.54, 1.807) is 6.20 Å². The maximum Gasteiger partial charge on any atom is 0.240 e. The highest BCUT2D eigenvalue weighted by atomic mass is 32.2. The highest BCUT2D eigenvalue weighted by Crippen LogP contribution is 2.24. The minimum atomic E-state index is 0.0656. The van der Waals surface area contributed by atoms with Gasteiger partial charge in [-0.15, -0.1) is 0 Å². The van der Waals surface area contributed by atoms with Crippen molar-refractivity contribution in [3.05, 3.63) is 42.7 Å². The molecule has 2 aliphatic rings. The van der Waals surface area contributed by atoms with E-state index in [0.717, 1.165) is 24.2 Å². The fraction of sp³-hybridized carbons (Fsp3) is 0.500. The number of imidazole rings is 1. The Morgan fingerprint density at radius 2 is 1.88 bits per heavy atom. The van der Waals surface area contributed by atoms with Crippen LogP contribution >= 0.6 is 11.8 Å². The van der Waals surface area contributed by atoms with Gasteiger partial charge >= 0.3 is 0 Å². The number of carbonyl (C=O) groups excluding carboxylic acids is 1. The molecule has 1 saturated carbocycles. The number of rotatable bonds is 6. The number of thioether (sulfide) groups is 1. The van der Waals surface area contributed by atoms with Crippen LogP contribution in [0.1, 0.15) is 25.7 Å². The standard InChI is InChI=1S/C20H26N4OS/c25-19(14-24-11-10-21-20(24)15-4-2-1-3-5-15)23-18-7-6-17(18)22-16-8-12-26-13-9-16/h1-5,10-11,16-18,22H,6-9,12-14H2,(H,23,25)/t17-,18+/m1/s1. The summed E-state index contributed by atoms with van der Waals surface area (Å²) in [6.07, 6.45) is 8.35. The van der Waals surface area contributed by atoms with Crippen LogP contribution in [-0.4, -0.2) is 45.1 Å². The van der Waals surface area contributed by atoms with Gasteiger partial charge in [-0.2, -0.15) is 11.8 Å². The van der Waals surface area contributed by atoms with Crippen LogP contribution in [0.2, 0.25) is 0 Å². The van der Waals surface area contributed by atoms with Crippen molar-refractivity contribution in [2.45, 2.75) is 50.4 Å². The first-order chi connectivity index (χ1) is 12.8. The Hall–Kier alpha value is -1.79. The van der Waals surface area contributed by atoms with Crippen LogP contribution in [0.4, 0.5) is 0 Å². The lowest BCUT2D eigenvalue weighted by molar-refractivity contribution is -0.123. The fourth-order valence-corrected chi connectivity index (χ4v) is 4.84. The molecule has 1 aliphatic carbocycles. The Morgan fingerprint density at radius 3 is 2.62 bits per heavy atom. The van der Waals surface area contributed by atoms with Crippen molar-refractivity contribution in [2.75, 3.05) is 11.5 Å². The third kappa shape index (κ3) is 4.13. The number of hydrogen-bond donors (Lipinski definition) is 2. The Balaban J connectivity index is 1.31. The molecule has 2 aromatic rings. The molecule has 2 fully saturated rings. The van der Waals surface area contributed by atoms with Crippen LogP contribution in [-0.2, 0) is 11.3 Å². The summed E-state index contributed by atoms with van der Waals surface area (Å²) in [6, 6.07) is 11.3. The van der Waals surface area contributed by atoms with Gasteiger partial charge in [0, 0.05) is 36.1 Å². The largest absolute Gasteiger partial charge is 0.350 e. The predicted molar refractivity (Wildman–Crippen MR) is 106 cm³/mol. The molecule has 2 heterocycles. The van der Waals surface area contributed by atoms with Crippen molar-refractivity contribution in [2.24, 2.45) is 0 Å². The maximum absolute atomic E-state index is 12.5. The number of aromatic nitrogens is 2. The van der Waals surface area contributed by atoms with E-state index in [-0.39, 0.29) is 11.9 Å². The fourth-order valence-electron chi connectivity index (χ4n) is 3.73. The summed E-state index contributed by atoms with van der Waals surface area (Å²) in [4.78, 5) is 17.0. The first-order valence-electron chi connectivity index (χ1n) is 9.49. The quantitative estimate of drug-likeness (QED) is 0.821. The topological polar surface area (TPSA) is 59.0 Å². The van der Waals surface area contributed by atoms with Gasteiger partial charge in [0.15, 0.2) is 0 Å². The molecule has 4 rings (SSSR count). The van der Waals surface area contributed by atoms with E-state index in [1.807, 2.05) is 52.9 Å². The number of hydrogen-bond acceptors (Lipinski definition) is 4. The number of benzene rings is 1. The molecular weight excluding hydrogens is 344 g/mol. The molecule has 2 atom stereocenters. The van der Waals surface area contributed by atoms with Gasteiger partial charge < -0.3 is 15.2 Å². The zero-order valence-corrected chi connectivity index (χ0v) is 15.8. The highest BCUT2D eigenvalue weighted by molar-refractivity contribution is 7.99. The van der Waals surface area contributed by atoms with E-state index in [4.69, 9.17) is 0 Å². The summed E-state index contributed by atoms with van der Waals surface area (Å²) in [5.41, 5.74) is 1.03. The lowest BCUT2D eigenvalue weighted by Crippen LogP contribution is -2.59. The molecule has 1 aromatic heterocycles. The van der Waals surface area contributed by atoms with Gasteiger partial charge in [-0.25, -0.2) is 4.98 Å². The van der Waals surface area contributed by atoms with Crippen molar-refractivity contribution in [3.63, 3.8) is 0 Å². The number of nitrogens with one attached hydrogen (secondary N) is 2. The van der Waals surface area contributed by atoms with E-state index in [2.05, 4.69) is 15.6 Å². The van der Waals surface area contributed by atoms with Crippen LogP contribution in [0, 0.1) is 0 Å². The van der Waals surface area contributed by atoms with E-state index in [1.165, 1.54) is 24.3 Å². The number of carbonyl (C=O) groups is 1. The third-order valence-electron chi connectivity index (χ3n) is 5.35. The molecule has 138 valence electrons. The molecule has 0 spiro atoms. The van der Waals surface area contributed by atoms with Gasteiger partial charge in [0.1, 0.15) is 12.4 Å². The normalized spacial score (nSPS) is 23.4. The second-order valence-electron chi connectivity index (χ2n) is 7.16. The van der Waals surface area contributed by atoms with Gasteiger partial charge in [-0.1, -0.05) is 30.3 Å². The summed E-state index contributed by atoms with van der Waals surface area (Å²) in [7, 11) is 0. The first-order valence-corrected chi connectivity index (χ1v) is 10.6. The molecular formula is C20H26N4OS. The molecule has 0 radical (unpaired) electrons. The monoisotopic (exact) mass is 370 g/mol. The summed E-state index contributed by atoms with van der Waals surface area (Å²) < 4.78 is 1.92. The molecule has 2 N–H and O–H groups in total. The van der Waals surface area contributed by atoms with E-state index < -0.39 is 0 Å². The number of nitrogens with zero attached hydrogens (tertiary/aromatic N) is 2. The summed E-state index contributed by atoms with van der Waals surface area (Å²) in [5, 5.41) is 6.98. The van der Waals surface area contributed by atoms with Gasteiger partial charge in [0.05, 0.1) is 0 Å². The van der Waals surface area contributed by atoms with Crippen LogP contribution in [0.15, 0.2) is 42.7 Å². The molecule has 5 nitrogen and oxygen atoms in total. The van der Waals surface area contributed by atoms with Crippen molar-refractivity contribution in [1.82, 2.24) is 20.2 Å². The molecule has 1 aromatic carbocycles. The zero-order valence-electron chi connectivity index (χ0n) is 14.9. The van der Waals surface area contributed by atoms with Crippen molar-refractivity contribution < 1.29 is 4.79 Å². The Bertz CT molecular complexity index is 726. The summed E-state index contributed by atoms with van der Waals surface area (Å²) in [6.45, 7) is 0.313. The highest BCUT2D eigenvalue weighted by Gasteiger charge is 2.33. The molecule has 1 saturated heterocycles. The van der Waals surface area contributed by atoms with Crippen molar-refractivity contribution in [1.29, 1.82) is 0 Å². The Labute approximate surface area is 159 Å². The van der Waals surface area contributed by atoms with E-state index in [9.17, 15) is 4.79 Å². The van der Waals surface area contributed by atoms with Crippen LogP contribution < -0.4 is 10.6 Å². The van der Waals surface area contributed by atoms with Gasteiger partial charge in [-0.05, 0) is 37.2 Å². The van der Waals surface area contributed by atoms with Gasteiger partial charge in [0.25, 0.3) is 0 Å². The predicted octanol–water partition coefficient (Wildman–Crippen LogP) is 2.68. The molecule has 1 aliphatic heterocycles. The summed E-state index contributed by atoms with van der Waals surface area (Å²) >= 11 is 2.05. The average molecular weight is 371 g/mol. The average Bonchev–Trinajstić information content (AvgIpc) is 3.13.